The zero-order chi connectivity index (χ0) is 42.2. The highest BCUT2D eigenvalue weighted by molar-refractivity contribution is 6.09. The highest BCUT2D eigenvalue weighted by Crippen LogP contribution is 2.32. The molecule has 0 spiro atoms. The van der Waals surface area contributed by atoms with Crippen LogP contribution < -0.4 is 31.7 Å². The summed E-state index contributed by atoms with van der Waals surface area (Å²) in [6, 6.07) is 14.3. The maximum Gasteiger partial charge on any atom is 0.263 e. The molecule has 2 aliphatic rings. The van der Waals surface area contributed by atoms with Crippen molar-refractivity contribution >= 4 is 63.5 Å². The molecule has 0 radical (unpaired) electrons. The average molecular weight is 814 g/mol. The van der Waals surface area contributed by atoms with E-state index in [0.29, 0.717) is 84.5 Å². The molecule has 1 saturated carbocycles. The van der Waals surface area contributed by atoms with Crippen molar-refractivity contribution in [1.29, 1.82) is 0 Å². The average Bonchev–Trinajstić information content (AvgIpc) is 3.77. The number of carbonyl (C=O) groups is 4. The zero-order valence-corrected chi connectivity index (χ0v) is 34.3. The molecule has 7 rings (SSSR count). The number of hydrogen-bond donors (Lipinski definition) is 4. The maximum atomic E-state index is 13.5. The fourth-order valence-corrected chi connectivity index (χ4v) is 7.86. The number of benzene rings is 1. The lowest BCUT2D eigenvalue weighted by Gasteiger charge is -2.35. The summed E-state index contributed by atoms with van der Waals surface area (Å²) in [5.74, 6) is 0.420. The molecule has 0 atom stereocenters. The Morgan fingerprint density at radius 1 is 0.800 bits per heavy atom. The van der Waals surface area contributed by atoms with Crippen molar-refractivity contribution in [2.45, 2.75) is 71.8 Å². The van der Waals surface area contributed by atoms with Crippen LogP contribution in [0, 0.1) is 13.8 Å². The molecule has 2 fully saturated rings. The largest absolute Gasteiger partial charge is 0.368 e. The number of rotatable bonds is 15. The number of unbranched alkanes of at least 4 members (excludes halogenated alkanes) is 1. The van der Waals surface area contributed by atoms with E-state index in [1.807, 2.05) is 25.1 Å². The van der Waals surface area contributed by atoms with Crippen LogP contribution >= 0.6 is 0 Å². The first-order chi connectivity index (χ1) is 29.0. The molecule has 312 valence electrons. The van der Waals surface area contributed by atoms with Crippen molar-refractivity contribution in [3.63, 3.8) is 0 Å². The topological polar surface area (TPSA) is 196 Å². The Morgan fingerprint density at radius 3 is 2.27 bits per heavy atom. The van der Waals surface area contributed by atoms with Crippen LogP contribution in [0.2, 0.25) is 0 Å². The normalized spacial score (nSPS) is 14.6. The number of Topliss-reactive ketones (excluding diaryl/α,β-unsaturated/α-hetero) is 1. The van der Waals surface area contributed by atoms with Crippen LogP contribution in [0.1, 0.15) is 89.8 Å². The van der Waals surface area contributed by atoms with Gasteiger partial charge in [0.1, 0.15) is 17.3 Å². The summed E-state index contributed by atoms with van der Waals surface area (Å²) < 4.78 is 1.70. The molecule has 16 nitrogen and oxygen atoms in total. The maximum absolute atomic E-state index is 13.5. The number of fused-ring (bicyclic) bond motifs is 1. The third-order valence-corrected chi connectivity index (χ3v) is 11.1. The minimum Gasteiger partial charge on any atom is -0.368 e. The molecule has 1 saturated heterocycles. The summed E-state index contributed by atoms with van der Waals surface area (Å²) >= 11 is 0. The summed E-state index contributed by atoms with van der Waals surface area (Å²) in [5.41, 5.74) is 3.74. The van der Waals surface area contributed by atoms with Gasteiger partial charge in [0.25, 0.3) is 11.5 Å². The Bertz CT molecular complexity index is 2420. The number of piperazine rings is 1. The molecule has 16 heteroatoms. The van der Waals surface area contributed by atoms with Crippen molar-refractivity contribution in [2.24, 2.45) is 0 Å². The van der Waals surface area contributed by atoms with Crippen LogP contribution in [-0.2, 0) is 9.59 Å². The van der Waals surface area contributed by atoms with E-state index in [0.717, 1.165) is 50.0 Å². The fourth-order valence-electron chi connectivity index (χ4n) is 7.86. The second-order valence-electron chi connectivity index (χ2n) is 15.5. The van der Waals surface area contributed by atoms with E-state index in [4.69, 9.17) is 4.98 Å². The summed E-state index contributed by atoms with van der Waals surface area (Å²) in [4.78, 5) is 86.8. The van der Waals surface area contributed by atoms with Gasteiger partial charge in [-0.3, -0.25) is 33.4 Å². The molecule has 1 aliphatic heterocycles. The van der Waals surface area contributed by atoms with Crippen LogP contribution in [0.5, 0.6) is 0 Å². The number of aromatic nitrogens is 5. The van der Waals surface area contributed by atoms with Crippen molar-refractivity contribution in [2.75, 3.05) is 60.1 Å². The molecule has 5 aromatic rings. The molecule has 4 aromatic heterocycles. The molecule has 1 aromatic carbocycles. The van der Waals surface area contributed by atoms with E-state index in [9.17, 15) is 24.0 Å². The fraction of sp³-hybridized carbons (Fsp3) is 0.386. The zero-order valence-electron chi connectivity index (χ0n) is 34.3. The number of nitrogens with one attached hydrogen (secondary N) is 4. The van der Waals surface area contributed by atoms with Crippen LogP contribution in [0.3, 0.4) is 0 Å². The lowest BCUT2D eigenvalue weighted by atomic mass is 10.0. The number of nitrogens with zero attached hydrogens (tertiary/aromatic N) is 7. The van der Waals surface area contributed by atoms with Gasteiger partial charge in [0, 0.05) is 63.0 Å². The van der Waals surface area contributed by atoms with E-state index in [-0.39, 0.29) is 47.1 Å². The monoisotopic (exact) mass is 813 g/mol. The summed E-state index contributed by atoms with van der Waals surface area (Å²) in [7, 11) is 0. The minimum absolute atomic E-state index is 0.00552. The SMILES string of the molecule is CC(=O)c1c(C)c2cnc(Nc3ccc(N4CCN(CC(=O)NCCCCC(=O)Nc5ccccc5C(=O)Nc5ccc(C)cn5)CC4)cn3)nc2n(C2CCCC2)c1=O. The predicted octanol–water partition coefficient (Wildman–Crippen LogP) is 5.56. The van der Waals surface area contributed by atoms with Gasteiger partial charge >= 0.3 is 0 Å². The van der Waals surface area contributed by atoms with E-state index in [2.05, 4.69) is 46.0 Å². The number of carbonyl (C=O) groups excluding carboxylic acids is 4. The van der Waals surface area contributed by atoms with Crippen molar-refractivity contribution in [1.82, 2.24) is 34.7 Å². The Kier molecular flexibility index (Phi) is 13.2. The van der Waals surface area contributed by atoms with Crippen molar-refractivity contribution in [3.05, 3.63) is 99.7 Å². The molecule has 0 unspecified atom stereocenters. The number of pyridine rings is 3. The molecule has 4 N–H and O–H groups in total. The van der Waals surface area contributed by atoms with Crippen LogP contribution in [-0.4, -0.2) is 92.2 Å². The van der Waals surface area contributed by atoms with Crippen LogP contribution in [0.4, 0.5) is 29.0 Å². The smallest absolute Gasteiger partial charge is 0.263 e. The van der Waals surface area contributed by atoms with Gasteiger partial charge in [0.05, 0.1) is 35.2 Å². The second-order valence-corrected chi connectivity index (χ2v) is 15.5. The molecular weight excluding hydrogens is 763 g/mol. The number of amides is 3. The molecule has 3 amide bonds. The lowest BCUT2D eigenvalue weighted by Crippen LogP contribution is -2.49. The van der Waals surface area contributed by atoms with Gasteiger partial charge in [-0.15, -0.1) is 0 Å². The summed E-state index contributed by atoms with van der Waals surface area (Å²) in [6.07, 6.45) is 10.4. The number of ketones is 1. The van der Waals surface area contributed by atoms with E-state index in [1.54, 1.807) is 60.4 Å². The van der Waals surface area contributed by atoms with Crippen LogP contribution in [0.15, 0.2) is 71.9 Å². The van der Waals surface area contributed by atoms with Crippen molar-refractivity contribution in [3.8, 4) is 0 Å². The first kappa shape index (κ1) is 41.6. The summed E-state index contributed by atoms with van der Waals surface area (Å²) in [6.45, 7) is 8.78. The number of anilines is 5. The molecular formula is C44H51N11O5. The second kappa shape index (κ2) is 19.0. The number of para-hydroxylation sites is 1. The Morgan fingerprint density at radius 2 is 1.55 bits per heavy atom. The molecule has 5 heterocycles. The third kappa shape index (κ3) is 10.00. The lowest BCUT2D eigenvalue weighted by molar-refractivity contribution is -0.122. The number of hydrogen-bond acceptors (Lipinski definition) is 12. The van der Waals surface area contributed by atoms with Gasteiger partial charge in [-0.25, -0.2) is 15.0 Å². The molecule has 1 aliphatic carbocycles. The molecule has 0 bridgehead atoms. The van der Waals surface area contributed by atoms with Crippen molar-refractivity contribution < 1.29 is 19.2 Å². The van der Waals surface area contributed by atoms with Gasteiger partial charge in [-0.1, -0.05) is 31.0 Å². The minimum atomic E-state index is -0.364. The Labute approximate surface area is 348 Å². The van der Waals surface area contributed by atoms with Gasteiger partial charge in [-0.05, 0) is 87.9 Å². The summed E-state index contributed by atoms with van der Waals surface area (Å²) in [5, 5.41) is 12.4. The van der Waals surface area contributed by atoms with Crippen LogP contribution in [0.25, 0.3) is 11.0 Å². The highest BCUT2D eigenvalue weighted by Gasteiger charge is 2.26. The first-order valence-corrected chi connectivity index (χ1v) is 20.6. The van der Waals surface area contributed by atoms with Gasteiger partial charge in [0.15, 0.2) is 5.78 Å². The third-order valence-electron chi connectivity index (χ3n) is 11.1. The standard InChI is InChI=1S/C44H51N11O5/c1-28-15-17-36(46-24-28)50-42(59)33-12-6-7-13-35(33)49-38(57)14-8-9-19-45-39(58)27-53-20-22-54(23-21-53)32-16-18-37(47-25-32)51-44-48-26-34-29(2)40(30(3)56)43(60)55(41(34)52-44)31-10-4-5-11-31/h6-7,12-13,15-18,24-26,31H,4-5,8-11,14,19-23,27H2,1-3H3,(H,45,58)(H,49,57)(H,46,50,59)(H,47,48,51,52). The number of aryl methyl sites for hydroxylation is 2. The van der Waals surface area contributed by atoms with Gasteiger partial charge in [-0.2, -0.15) is 4.98 Å². The van der Waals surface area contributed by atoms with E-state index < -0.39 is 0 Å². The Balaban J connectivity index is 0.829. The Hall–Kier alpha value is -6.55. The molecule has 60 heavy (non-hydrogen) atoms. The van der Waals surface area contributed by atoms with E-state index in [1.165, 1.54) is 6.92 Å². The van der Waals surface area contributed by atoms with E-state index >= 15 is 0 Å². The van der Waals surface area contributed by atoms with Gasteiger partial charge in [0.2, 0.25) is 17.8 Å². The predicted molar refractivity (Wildman–Crippen MR) is 231 cm³/mol. The van der Waals surface area contributed by atoms with Gasteiger partial charge < -0.3 is 26.2 Å². The highest BCUT2D eigenvalue weighted by atomic mass is 16.2. The quantitative estimate of drug-likeness (QED) is 0.0760. The first-order valence-electron chi connectivity index (χ1n) is 20.6.